The van der Waals surface area contributed by atoms with E-state index in [1.54, 1.807) is 0 Å². The van der Waals surface area contributed by atoms with Crippen molar-refractivity contribution in [2.24, 2.45) is 11.8 Å². The van der Waals surface area contributed by atoms with Crippen molar-refractivity contribution in [1.29, 1.82) is 0 Å². The molecule has 1 aliphatic heterocycles. The summed E-state index contributed by atoms with van der Waals surface area (Å²) in [5.74, 6) is 2.07. The molecule has 3 fully saturated rings. The summed E-state index contributed by atoms with van der Waals surface area (Å²) in [6.45, 7) is 2.54. The second-order valence-electron chi connectivity index (χ2n) is 5.11. The van der Waals surface area contributed by atoms with Gasteiger partial charge in [-0.05, 0) is 50.5 Å². The lowest BCUT2D eigenvalue weighted by molar-refractivity contribution is 0.0563. The van der Waals surface area contributed by atoms with Gasteiger partial charge in [-0.25, -0.2) is 0 Å². The maximum Gasteiger partial charge on any atom is 0.0695 e. The number of hydrogen-bond donors (Lipinski definition) is 1. The molecule has 1 saturated heterocycles. The van der Waals surface area contributed by atoms with Crippen LogP contribution in [0.2, 0.25) is 0 Å². The van der Waals surface area contributed by atoms with Crippen LogP contribution in [0, 0.1) is 11.8 Å². The molecule has 2 aliphatic carbocycles. The Morgan fingerprint density at radius 3 is 2.69 bits per heavy atom. The van der Waals surface area contributed by atoms with Crippen molar-refractivity contribution in [2.75, 3.05) is 13.1 Å². The Kier molecular flexibility index (Phi) is 1.88. The van der Waals surface area contributed by atoms with Crippen LogP contribution in [0.4, 0.5) is 0 Å². The fourth-order valence-electron chi connectivity index (χ4n) is 3.26. The van der Waals surface area contributed by atoms with Gasteiger partial charge in [0.1, 0.15) is 0 Å². The summed E-state index contributed by atoms with van der Waals surface area (Å²) < 4.78 is 0. The van der Waals surface area contributed by atoms with E-state index in [0.717, 1.165) is 18.3 Å². The standard InChI is InChI=1S/C11H19NO/c13-11-3-1-2-10(11)12-5-4-8-6-9(8)7-12/h8-11,13H,1-7H2/t8?,9?,10-,11-/m1/s1. The molecule has 1 heterocycles. The number of hydrogen-bond acceptors (Lipinski definition) is 2. The molecule has 13 heavy (non-hydrogen) atoms. The fourth-order valence-corrected chi connectivity index (χ4v) is 3.26. The number of likely N-dealkylation sites (tertiary alicyclic amines) is 1. The molecule has 2 heteroatoms. The van der Waals surface area contributed by atoms with Gasteiger partial charge < -0.3 is 5.11 Å². The summed E-state index contributed by atoms with van der Waals surface area (Å²) in [7, 11) is 0. The quantitative estimate of drug-likeness (QED) is 0.658. The second kappa shape index (κ2) is 2.96. The topological polar surface area (TPSA) is 23.5 Å². The van der Waals surface area contributed by atoms with Gasteiger partial charge in [-0.1, -0.05) is 0 Å². The molecule has 2 unspecified atom stereocenters. The molecule has 4 atom stereocenters. The molecule has 3 rings (SSSR count). The minimum atomic E-state index is -0.0182. The largest absolute Gasteiger partial charge is 0.391 e. The predicted molar refractivity (Wildman–Crippen MR) is 51.4 cm³/mol. The van der Waals surface area contributed by atoms with Gasteiger partial charge in [0, 0.05) is 12.6 Å². The SMILES string of the molecule is O[C@@H]1CCC[C@H]1N1CCC2CC2C1. The van der Waals surface area contributed by atoms with Crippen molar-refractivity contribution in [3.8, 4) is 0 Å². The van der Waals surface area contributed by atoms with E-state index >= 15 is 0 Å². The van der Waals surface area contributed by atoms with Crippen molar-refractivity contribution in [2.45, 2.75) is 44.2 Å². The van der Waals surface area contributed by atoms with Crippen LogP contribution >= 0.6 is 0 Å². The first-order valence-electron chi connectivity index (χ1n) is 5.77. The summed E-state index contributed by atoms with van der Waals surface area (Å²) in [6, 6.07) is 0.515. The Hall–Kier alpha value is -0.0800. The lowest BCUT2D eigenvalue weighted by Crippen LogP contribution is -2.44. The van der Waals surface area contributed by atoms with Crippen LogP contribution in [-0.2, 0) is 0 Å². The third-order valence-electron chi connectivity index (χ3n) is 4.24. The smallest absolute Gasteiger partial charge is 0.0695 e. The van der Waals surface area contributed by atoms with Crippen molar-refractivity contribution >= 4 is 0 Å². The van der Waals surface area contributed by atoms with E-state index in [1.807, 2.05) is 0 Å². The molecule has 0 radical (unpaired) electrons. The number of aliphatic hydroxyl groups excluding tert-OH is 1. The van der Waals surface area contributed by atoms with Crippen LogP contribution in [0.1, 0.15) is 32.1 Å². The third kappa shape index (κ3) is 1.40. The second-order valence-corrected chi connectivity index (χ2v) is 5.11. The van der Waals surface area contributed by atoms with Crippen molar-refractivity contribution in [1.82, 2.24) is 4.90 Å². The number of fused-ring (bicyclic) bond motifs is 1. The summed E-state index contributed by atoms with van der Waals surface area (Å²) >= 11 is 0. The minimum absolute atomic E-state index is 0.0182. The Morgan fingerprint density at radius 2 is 2.00 bits per heavy atom. The molecule has 0 spiro atoms. The average molecular weight is 181 g/mol. The maximum atomic E-state index is 9.80. The van der Waals surface area contributed by atoms with Crippen molar-refractivity contribution in [3.63, 3.8) is 0 Å². The van der Waals surface area contributed by atoms with Gasteiger partial charge in [0.15, 0.2) is 0 Å². The van der Waals surface area contributed by atoms with Gasteiger partial charge >= 0.3 is 0 Å². The van der Waals surface area contributed by atoms with E-state index in [4.69, 9.17) is 0 Å². The molecule has 74 valence electrons. The zero-order valence-electron chi connectivity index (χ0n) is 8.15. The highest BCUT2D eigenvalue weighted by atomic mass is 16.3. The summed E-state index contributed by atoms with van der Waals surface area (Å²) in [4.78, 5) is 2.56. The molecule has 0 bridgehead atoms. The highest BCUT2D eigenvalue weighted by molar-refractivity contribution is 4.97. The van der Waals surface area contributed by atoms with Gasteiger partial charge in [0.2, 0.25) is 0 Å². The molecule has 3 aliphatic rings. The van der Waals surface area contributed by atoms with Crippen LogP contribution in [0.3, 0.4) is 0 Å². The summed E-state index contributed by atoms with van der Waals surface area (Å²) in [5, 5.41) is 9.80. The zero-order valence-corrected chi connectivity index (χ0v) is 8.15. The Bertz CT molecular complexity index is 206. The lowest BCUT2D eigenvalue weighted by Gasteiger charge is -2.33. The minimum Gasteiger partial charge on any atom is -0.391 e. The molecule has 0 aromatic heterocycles. The lowest BCUT2D eigenvalue weighted by atomic mass is 10.1. The van der Waals surface area contributed by atoms with Gasteiger partial charge in [0.25, 0.3) is 0 Å². The molecule has 0 amide bonds. The number of piperidine rings is 1. The van der Waals surface area contributed by atoms with Crippen molar-refractivity contribution in [3.05, 3.63) is 0 Å². The highest BCUT2D eigenvalue weighted by Gasteiger charge is 2.44. The van der Waals surface area contributed by atoms with E-state index in [9.17, 15) is 5.11 Å². The van der Waals surface area contributed by atoms with E-state index < -0.39 is 0 Å². The van der Waals surface area contributed by atoms with E-state index in [0.29, 0.717) is 6.04 Å². The number of nitrogens with zero attached hydrogens (tertiary/aromatic N) is 1. The molecule has 0 aromatic rings. The average Bonchev–Trinajstić information content (AvgIpc) is 2.79. The molecule has 2 nitrogen and oxygen atoms in total. The molecule has 2 saturated carbocycles. The fraction of sp³-hybridized carbons (Fsp3) is 1.00. The predicted octanol–water partition coefficient (Wildman–Crippen LogP) is 1.24. The van der Waals surface area contributed by atoms with Crippen LogP contribution in [0.15, 0.2) is 0 Å². The molecular weight excluding hydrogens is 162 g/mol. The summed E-state index contributed by atoms with van der Waals surface area (Å²) in [6.07, 6.45) is 6.35. The van der Waals surface area contributed by atoms with Gasteiger partial charge in [-0.3, -0.25) is 4.90 Å². The monoisotopic (exact) mass is 181 g/mol. The highest BCUT2D eigenvalue weighted by Crippen LogP contribution is 2.46. The molecular formula is C11H19NO. The van der Waals surface area contributed by atoms with Crippen molar-refractivity contribution < 1.29 is 5.11 Å². The normalized spacial score (nSPS) is 50.5. The number of rotatable bonds is 1. The molecule has 0 aromatic carbocycles. The van der Waals surface area contributed by atoms with Crippen LogP contribution < -0.4 is 0 Å². The number of aliphatic hydroxyl groups is 1. The third-order valence-corrected chi connectivity index (χ3v) is 4.24. The zero-order chi connectivity index (χ0) is 8.84. The van der Waals surface area contributed by atoms with Crippen LogP contribution in [0.25, 0.3) is 0 Å². The Labute approximate surface area is 79.9 Å². The Morgan fingerprint density at radius 1 is 1.08 bits per heavy atom. The Balaban J connectivity index is 1.63. The van der Waals surface area contributed by atoms with Crippen LogP contribution in [0.5, 0.6) is 0 Å². The van der Waals surface area contributed by atoms with Gasteiger partial charge in [0.05, 0.1) is 6.10 Å². The van der Waals surface area contributed by atoms with Gasteiger partial charge in [-0.2, -0.15) is 0 Å². The van der Waals surface area contributed by atoms with Crippen LogP contribution in [-0.4, -0.2) is 35.2 Å². The first kappa shape index (κ1) is 8.25. The first-order chi connectivity index (χ1) is 6.34. The molecule has 1 N–H and O–H groups in total. The van der Waals surface area contributed by atoms with E-state index in [2.05, 4.69) is 4.90 Å². The first-order valence-corrected chi connectivity index (χ1v) is 5.77. The van der Waals surface area contributed by atoms with E-state index in [1.165, 1.54) is 38.8 Å². The van der Waals surface area contributed by atoms with E-state index in [-0.39, 0.29) is 6.10 Å². The maximum absolute atomic E-state index is 9.80. The summed E-state index contributed by atoms with van der Waals surface area (Å²) in [5.41, 5.74) is 0. The van der Waals surface area contributed by atoms with Gasteiger partial charge in [-0.15, -0.1) is 0 Å².